The van der Waals surface area contributed by atoms with E-state index in [2.05, 4.69) is 25.8 Å². The van der Waals surface area contributed by atoms with Gasteiger partial charge in [0.15, 0.2) is 11.6 Å². The lowest BCUT2D eigenvalue weighted by molar-refractivity contribution is 0.365. The number of rotatable bonds is 5. The first-order chi connectivity index (χ1) is 17.3. The van der Waals surface area contributed by atoms with E-state index in [9.17, 15) is 17.6 Å². The van der Waals surface area contributed by atoms with Gasteiger partial charge in [0.1, 0.15) is 29.4 Å². The minimum atomic E-state index is -1.74. The molecule has 12 heteroatoms. The number of ether oxygens (including phenoxy) is 1. The molecule has 1 fully saturated rings. The summed E-state index contributed by atoms with van der Waals surface area (Å²) in [6.07, 6.45) is 3.21. The number of halogens is 5. The van der Waals surface area contributed by atoms with Crippen LogP contribution in [-0.4, -0.2) is 35.3 Å². The van der Waals surface area contributed by atoms with Gasteiger partial charge in [0.25, 0.3) is 0 Å². The van der Waals surface area contributed by atoms with Crippen molar-refractivity contribution in [3.63, 3.8) is 0 Å². The van der Waals surface area contributed by atoms with Crippen molar-refractivity contribution < 1.29 is 26.7 Å². The molecule has 0 spiro atoms. The summed E-state index contributed by atoms with van der Waals surface area (Å²) in [7, 11) is 0. The van der Waals surface area contributed by atoms with Crippen LogP contribution in [0.1, 0.15) is 35.6 Å². The van der Waals surface area contributed by atoms with Gasteiger partial charge in [-0.15, -0.1) is 0 Å². The average molecular weight is 504 g/mol. The van der Waals surface area contributed by atoms with Crippen LogP contribution in [-0.2, 0) is 0 Å². The summed E-state index contributed by atoms with van der Waals surface area (Å²) < 4.78 is 75.2. The maximum absolute atomic E-state index is 15.3. The van der Waals surface area contributed by atoms with Gasteiger partial charge in [-0.25, -0.2) is 23.1 Å². The van der Waals surface area contributed by atoms with Crippen molar-refractivity contribution in [1.82, 2.24) is 20.7 Å². The summed E-state index contributed by atoms with van der Waals surface area (Å²) in [4.78, 5) is 8.50. The highest BCUT2D eigenvalue weighted by Crippen LogP contribution is 2.35. The lowest BCUT2D eigenvalue weighted by Crippen LogP contribution is -2.21. The second-order valence-corrected chi connectivity index (χ2v) is 8.67. The molecule has 2 atom stereocenters. The van der Waals surface area contributed by atoms with E-state index in [1.807, 2.05) is 0 Å². The van der Waals surface area contributed by atoms with Crippen LogP contribution in [0.2, 0.25) is 0 Å². The van der Waals surface area contributed by atoms with E-state index in [-0.39, 0.29) is 34.8 Å². The molecule has 188 valence electrons. The van der Waals surface area contributed by atoms with Crippen LogP contribution in [0, 0.1) is 35.0 Å². The molecule has 0 aliphatic carbocycles. The SMILES string of the molecule is Nc1ncnc2c1C(c1ccc(Oc3c(F)c(F)cc(F)c3F)cc1F)=NNCC2C[C@@H]1CCNC1. The predicted octanol–water partition coefficient (Wildman–Crippen LogP) is 3.99. The number of nitrogens with zero attached hydrogens (tertiary/aromatic N) is 3. The molecule has 1 unspecified atom stereocenters. The van der Waals surface area contributed by atoms with Crippen molar-refractivity contribution in [3.8, 4) is 11.5 Å². The molecule has 0 saturated carbocycles. The van der Waals surface area contributed by atoms with Gasteiger partial charge in [0.05, 0.1) is 11.3 Å². The summed E-state index contributed by atoms with van der Waals surface area (Å²) in [5, 5.41) is 7.67. The largest absolute Gasteiger partial charge is 0.451 e. The number of nitrogen functional groups attached to an aromatic ring is 1. The van der Waals surface area contributed by atoms with E-state index in [1.54, 1.807) is 0 Å². The third-order valence-corrected chi connectivity index (χ3v) is 6.33. The van der Waals surface area contributed by atoms with Crippen molar-refractivity contribution in [3.05, 3.63) is 76.5 Å². The minimum Gasteiger partial charge on any atom is -0.451 e. The Morgan fingerprint density at radius 1 is 0.972 bits per heavy atom. The van der Waals surface area contributed by atoms with Crippen molar-refractivity contribution in [2.24, 2.45) is 11.0 Å². The van der Waals surface area contributed by atoms with Crippen LogP contribution >= 0.6 is 0 Å². The lowest BCUT2D eigenvalue weighted by atomic mass is 9.87. The third-order valence-electron chi connectivity index (χ3n) is 6.33. The smallest absolute Gasteiger partial charge is 0.204 e. The maximum Gasteiger partial charge on any atom is 0.204 e. The third kappa shape index (κ3) is 4.43. The van der Waals surface area contributed by atoms with Gasteiger partial charge >= 0.3 is 0 Å². The van der Waals surface area contributed by atoms with Crippen LogP contribution in [0.25, 0.3) is 0 Å². The second kappa shape index (κ2) is 9.69. The molecule has 2 aliphatic rings. The molecule has 5 rings (SSSR count). The van der Waals surface area contributed by atoms with Gasteiger partial charge in [-0.2, -0.15) is 13.9 Å². The quantitative estimate of drug-likeness (QED) is 0.359. The zero-order valence-electron chi connectivity index (χ0n) is 18.8. The highest BCUT2D eigenvalue weighted by atomic mass is 19.2. The number of hydrogen-bond donors (Lipinski definition) is 3. The highest BCUT2D eigenvalue weighted by molar-refractivity contribution is 6.16. The van der Waals surface area contributed by atoms with Gasteiger partial charge in [0, 0.05) is 30.2 Å². The topological polar surface area (TPSA) is 97.5 Å². The molecular formula is C24H21F5N6O. The van der Waals surface area contributed by atoms with E-state index in [1.165, 1.54) is 18.5 Å². The fourth-order valence-electron chi connectivity index (χ4n) is 4.57. The number of aromatic nitrogens is 2. The van der Waals surface area contributed by atoms with Crippen LogP contribution in [0.15, 0.2) is 35.7 Å². The molecule has 36 heavy (non-hydrogen) atoms. The van der Waals surface area contributed by atoms with Gasteiger partial charge < -0.3 is 21.2 Å². The van der Waals surface area contributed by atoms with Crippen LogP contribution in [0.3, 0.4) is 0 Å². The molecule has 0 amide bonds. The van der Waals surface area contributed by atoms with Gasteiger partial charge in [-0.3, -0.25) is 0 Å². The Balaban J connectivity index is 1.49. The zero-order valence-corrected chi connectivity index (χ0v) is 18.8. The predicted molar refractivity (Wildman–Crippen MR) is 121 cm³/mol. The Labute approximate surface area is 202 Å². The van der Waals surface area contributed by atoms with Crippen molar-refractivity contribution >= 4 is 11.5 Å². The first-order valence-electron chi connectivity index (χ1n) is 11.3. The molecule has 3 aromatic rings. The molecule has 4 N–H and O–H groups in total. The zero-order chi connectivity index (χ0) is 25.4. The fourth-order valence-corrected chi connectivity index (χ4v) is 4.57. The Morgan fingerprint density at radius 3 is 2.44 bits per heavy atom. The molecule has 7 nitrogen and oxygen atoms in total. The molecule has 0 bridgehead atoms. The monoisotopic (exact) mass is 504 g/mol. The van der Waals surface area contributed by atoms with Crippen LogP contribution < -0.4 is 21.2 Å². The fraction of sp³-hybridized carbons (Fsp3) is 0.292. The average Bonchev–Trinajstić information content (AvgIpc) is 3.29. The maximum atomic E-state index is 15.3. The minimum absolute atomic E-state index is 0.00727. The van der Waals surface area contributed by atoms with Crippen LogP contribution in [0.5, 0.6) is 11.5 Å². The van der Waals surface area contributed by atoms with Crippen LogP contribution in [0.4, 0.5) is 27.8 Å². The highest BCUT2D eigenvalue weighted by Gasteiger charge is 2.30. The molecule has 3 heterocycles. The second-order valence-electron chi connectivity index (χ2n) is 8.67. The van der Waals surface area contributed by atoms with Gasteiger partial charge in [-0.1, -0.05) is 0 Å². The standard InChI is InChI=1S/C24H21F5N6O/c25-15-6-13(36-23-19(28)16(26)7-17(27)20(23)29)1-2-14(15)22-18-21(32-10-33-24(18)30)12(9-34-35-22)5-11-3-4-31-8-11/h1-2,6-7,10-12,31,34H,3-5,8-9H2,(H2,30,32,33)/t11-,12?/m0/s1. The number of nitrogens with one attached hydrogen (secondary N) is 2. The lowest BCUT2D eigenvalue weighted by Gasteiger charge is -2.20. The number of hydrazone groups is 1. The van der Waals surface area contributed by atoms with Crippen molar-refractivity contribution in [2.75, 3.05) is 25.4 Å². The van der Waals surface area contributed by atoms with E-state index >= 15 is 4.39 Å². The number of nitrogens with two attached hydrogens (primary N) is 1. The summed E-state index contributed by atoms with van der Waals surface area (Å²) in [6, 6.07) is 3.33. The first kappa shape index (κ1) is 23.9. The van der Waals surface area contributed by atoms with E-state index in [4.69, 9.17) is 10.5 Å². The summed E-state index contributed by atoms with van der Waals surface area (Å²) >= 11 is 0. The number of anilines is 1. The summed E-state index contributed by atoms with van der Waals surface area (Å²) in [5.74, 6) is -8.82. The van der Waals surface area contributed by atoms with Crippen molar-refractivity contribution in [2.45, 2.75) is 18.8 Å². The van der Waals surface area contributed by atoms with Gasteiger partial charge in [0.2, 0.25) is 17.4 Å². The Bertz CT molecular complexity index is 1320. The molecule has 2 aliphatic heterocycles. The van der Waals surface area contributed by atoms with Gasteiger partial charge in [-0.05, 0) is 44.0 Å². The first-order valence-corrected chi connectivity index (χ1v) is 11.3. The molecule has 0 radical (unpaired) electrons. The molecular weight excluding hydrogens is 483 g/mol. The Hall–Kier alpha value is -3.80. The normalized spacial score (nSPS) is 19.3. The summed E-state index contributed by atoms with van der Waals surface area (Å²) in [6.45, 7) is 2.30. The Kier molecular flexibility index (Phi) is 6.44. The molecule has 1 saturated heterocycles. The number of fused-ring (bicyclic) bond motifs is 1. The number of benzene rings is 2. The molecule has 2 aromatic carbocycles. The van der Waals surface area contributed by atoms with E-state index in [0.29, 0.717) is 23.7 Å². The summed E-state index contributed by atoms with van der Waals surface area (Å²) in [5.41, 5.74) is 10.3. The molecule has 1 aromatic heterocycles. The van der Waals surface area contributed by atoms with E-state index < -0.39 is 34.8 Å². The van der Waals surface area contributed by atoms with Crippen molar-refractivity contribution in [1.29, 1.82) is 0 Å². The van der Waals surface area contributed by atoms with E-state index in [0.717, 1.165) is 32.0 Å². The Morgan fingerprint density at radius 2 is 1.75 bits per heavy atom. The number of hydrogen-bond acceptors (Lipinski definition) is 7.